The van der Waals surface area contributed by atoms with Crippen molar-refractivity contribution in [1.29, 1.82) is 0 Å². The Morgan fingerprint density at radius 2 is 2.00 bits per heavy atom. The summed E-state index contributed by atoms with van der Waals surface area (Å²) in [5.74, 6) is -0.342. The van der Waals surface area contributed by atoms with Gasteiger partial charge in [0.1, 0.15) is 0 Å². The summed E-state index contributed by atoms with van der Waals surface area (Å²) in [4.78, 5) is 12.0. The molecule has 0 aromatic heterocycles. The topological polar surface area (TPSA) is 50.4 Å². The summed E-state index contributed by atoms with van der Waals surface area (Å²) in [6.45, 7) is 1.60. The van der Waals surface area contributed by atoms with E-state index in [0.29, 0.717) is 6.54 Å². The van der Waals surface area contributed by atoms with E-state index in [2.05, 4.69) is 22.8 Å². The zero-order valence-electron chi connectivity index (χ0n) is 13.4. The van der Waals surface area contributed by atoms with Crippen molar-refractivity contribution < 1.29 is 13.9 Å². The summed E-state index contributed by atoms with van der Waals surface area (Å²) in [6.07, 6.45) is 1.21. The lowest BCUT2D eigenvalue weighted by molar-refractivity contribution is -0.121. The molecule has 5 heteroatoms. The average Bonchev–Trinajstić information content (AvgIpc) is 2.61. The van der Waals surface area contributed by atoms with Crippen LogP contribution in [0.4, 0.5) is 4.39 Å². The van der Waals surface area contributed by atoms with Gasteiger partial charge in [-0.3, -0.25) is 4.79 Å². The smallest absolute Gasteiger partial charge is 0.223 e. The van der Waals surface area contributed by atoms with Gasteiger partial charge < -0.3 is 15.4 Å². The zero-order valence-corrected chi connectivity index (χ0v) is 13.4. The Morgan fingerprint density at radius 3 is 2.88 bits per heavy atom. The van der Waals surface area contributed by atoms with Crippen molar-refractivity contribution in [3.8, 4) is 5.75 Å². The summed E-state index contributed by atoms with van der Waals surface area (Å²) in [6, 6.07) is 14.6. The van der Waals surface area contributed by atoms with Gasteiger partial charge in [-0.25, -0.2) is 4.39 Å². The molecule has 1 heterocycles. The number of carbonyl (C=O) groups excluding carboxylic acids is 1. The van der Waals surface area contributed by atoms with Crippen molar-refractivity contribution in [1.82, 2.24) is 10.6 Å². The monoisotopic (exact) mass is 328 g/mol. The van der Waals surface area contributed by atoms with Crippen molar-refractivity contribution in [3.05, 3.63) is 65.5 Å². The predicted octanol–water partition coefficient (Wildman–Crippen LogP) is 2.60. The van der Waals surface area contributed by atoms with Gasteiger partial charge >= 0.3 is 0 Å². The second-order valence-electron chi connectivity index (χ2n) is 5.79. The van der Waals surface area contributed by atoms with Crippen LogP contribution in [0.3, 0.4) is 0 Å². The molecule has 4 nitrogen and oxygen atoms in total. The summed E-state index contributed by atoms with van der Waals surface area (Å²) < 4.78 is 18.7. The van der Waals surface area contributed by atoms with Gasteiger partial charge in [-0.1, -0.05) is 36.4 Å². The Morgan fingerprint density at radius 1 is 1.21 bits per heavy atom. The Balaban J connectivity index is 1.44. The van der Waals surface area contributed by atoms with Gasteiger partial charge in [0.2, 0.25) is 5.91 Å². The van der Waals surface area contributed by atoms with E-state index in [4.69, 9.17) is 4.74 Å². The van der Waals surface area contributed by atoms with Crippen LogP contribution in [0.25, 0.3) is 0 Å². The van der Waals surface area contributed by atoms with Crippen LogP contribution in [0, 0.1) is 5.82 Å². The van der Waals surface area contributed by atoms with E-state index < -0.39 is 5.82 Å². The third-order valence-electron chi connectivity index (χ3n) is 4.14. The largest absolute Gasteiger partial charge is 0.490 e. The fourth-order valence-electron chi connectivity index (χ4n) is 2.89. The van der Waals surface area contributed by atoms with Crippen molar-refractivity contribution in [3.63, 3.8) is 0 Å². The summed E-state index contributed by atoms with van der Waals surface area (Å²) in [5, 5.41) is 6.34. The number of rotatable bonds is 6. The standard InChI is InChI=1S/C19H21FN2O2/c20-16-7-3-4-8-18(16)24-12-10-19(23)22-13-17-15-6-2-1-5-14(15)9-11-21-17/h1-8,17,21H,9-13H2,(H,22,23). The van der Waals surface area contributed by atoms with Crippen LogP contribution < -0.4 is 15.4 Å². The Kier molecular flexibility index (Phi) is 5.43. The lowest BCUT2D eigenvalue weighted by Gasteiger charge is -2.27. The Labute approximate surface area is 141 Å². The molecule has 2 aromatic carbocycles. The number of fused-ring (bicyclic) bond motifs is 1. The first-order valence-corrected chi connectivity index (χ1v) is 8.19. The minimum Gasteiger partial charge on any atom is -0.490 e. The normalized spacial score (nSPS) is 16.3. The van der Waals surface area contributed by atoms with Crippen molar-refractivity contribution in [2.45, 2.75) is 18.9 Å². The molecule has 1 aliphatic heterocycles. The molecular formula is C19H21FN2O2. The van der Waals surface area contributed by atoms with Gasteiger partial charge in [0.05, 0.1) is 13.0 Å². The predicted molar refractivity (Wildman–Crippen MR) is 90.4 cm³/mol. The van der Waals surface area contributed by atoms with Gasteiger partial charge in [-0.2, -0.15) is 0 Å². The molecule has 0 radical (unpaired) electrons. The second-order valence-corrected chi connectivity index (χ2v) is 5.79. The molecule has 1 aliphatic rings. The Bertz CT molecular complexity index is 705. The fraction of sp³-hybridized carbons (Fsp3) is 0.316. The van der Waals surface area contributed by atoms with Crippen LogP contribution in [-0.2, 0) is 11.2 Å². The second kappa shape index (κ2) is 7.93. The molecule has 2 N–H and O–H groups in total. The zero-order chi connectivity index (χ0) is 16.8. The first kappa shape index (κ1) is 16.5. The lowest BCUT2D eigenvalue weighted by atomic mass is 9.94. The highest BCUT2D eigenvalue weighted by Gasteiger charge is 2.19. The van der Waals surface area contributed by atoms with E-state index in [1.54, 1.807) is 18.2 Å². The molecule has 24 heavy (non-hydrogen) atoms. The third kappa shape index (κ3) is 4.11. The molecule has 0 fully saturated rings. The molecule has 3 rings (SSSR count). The molecule has 1 atom stereocenters. The summed E-state index contributed by atoms with van der Waals surface area (Å²) in [7, 11) is 0. The molecule has 1 unspecified atom stereocenters. The SMILES string of the molecule is O=C(CCOc1ccccc1F)NCC1NCCc2ccccc21. The highest BCUT2D eigenvalue weighted by molar-refractivity contribution is 5.76. The van der Waals surface area contributed by atoms with Crippen LogP contribution in [0.15, 0.2) is 48.5 Å². The highest BCUT2D eigenvalue weighted by atomic mass is 19.1. The molecular weight excluding hydrogens is 307 g/mol. The molecule has 0 saturated heterocycles. The number of halogens is 1. The van der Waals surface area contributed by atoms with Gasteiger partial charge in [-0.15, -0.1) is 0 Å². The van der Waals surface area contributed by atoms with Gasteiger partial charge in [0.25, 0.3) is 0 Å². The minimum absolute atomic E-state index is 0.101. The van der Waals surface area contributed by atoms with E-state index in [1.807, 2.05) is 12.1 Å². The summed E-state index contributed by atoms with van der Waals surface area (Å²) in [5.41, 5.74) is 2.57. The molecule has 0 saturated carbocycles. The molecule has 0 spiro atoms. The van der Waals surface area contributed by atoms with E-state index >= 15 is 0 Å². The van der Waals surface area contributed by atoms with Gasteiger partial charge in [0.15, 0.2) is 11.6 Å². The first-order chi connectivity index (χ1) is 11.7. The Hall–Kier alpha value is -2.40. The van der Waals surface area contributed by atoms with E-state index in [9.17, 15) is 9.18 Å². The molecule has 0 bridgehead atoms. The maximum Gasteiger partial charge on any atom is 0.223 e. The number of benzene rings is 2. The van der Waals surface area contributed by atoms with E-state index in [1.165, 1.54) is 17.2 Å². The number of ether oxygens (including phenoxy) is 1. The van der Waals surface area contributed by atoms with Crippen molar-refractivity contribution >= 4 is 5.91 Å². The quantitative estimate of drug-likeness (QED) is 0.857. The lowest BCUT2D eigenvalue weighted by Crippen LogP contribution is -2.39. The number of hydrogen-bond acceptors (Lipinski definition) is 3. The summed E-state index contributed by atoms with van der Waals surface area (Å²) >= 11 is 0. The average molecular weight is 328 g/mol. The van der Waals surface area contributed by atoms with Crippen LogP contribution in [0.1, 0.15) is 23.6 Å². The first-order valence-electron chi connectivity index (χ1n) is 8.19. The number of carbonyl (C=O) groups is 1. The number of nitrogens with one attached hydrogen (secondary N) is 2. The fourth-order valence-corrected chi connectivity index (χ4v) is 2.89. The van der Waals surface area contributed by atoms with Gasteiger partial charge in [0, 0.05) is 12.6 Å². The molecule has 2 aromatic rings. The molecule has 0 aliphatic carbocycles. The van der Waals surface area contributed by atoms with Crippen LogP contribution in [0.5, 0.6) is 5.75 Å². The van der Waals surface area contributed by atoms with E-state index in [-0.39, 0.29) is 30.7 Å². The molecule has 126 valence electrons. The van der Waals surface area contributed by atoms with Crippen molar-refractivity contribution in [2.24, 2.45) is 0 Å². The molecule has 1 amide bonds. The minimum atomic E-state index is -0.416. The van der Waals surface area contributed by atoms with Gasteiger partial charge in [-0.05, 0) is 36.2 Å². The highest BCUT2D eigenvalue weighted by Crippen LogP contribution is 2.21. The third-order valence-corrected chi connectivity index (χ3v) is 4.14. The maximum absolute atomic E-state index is 13.4. The number of amides is 1. The van der Waals surface area contributed by atoms with Crippen LogP contribution >= 0.6 is 0 Å². The number of hydrogen-bond donors (Lipinski definition) is 2. The van der Waals surface area contributed by atoms with E-state index in [0.717, 1.165) is 13.0 Å². The van der Waals surface area contributed by atoms with Crippen LogP contribution in [-0.4, -0.2) is 25.6 Å². The number of para-hydroxylation sites is 1. The van der Waals surface area contributed by atoms with Crippen molar-refractivity contribution in [2.75, 3.05) is 19.7 Å². The van der Waals surface area contributed by atoms with Crippen LogP contribution in [0.2, 0.25) is 0 Å². The maximum atomic E-state index is 13.4.